The van der Waals surface area contributed by atoms with Crippen LogP contribution in [0.5, 0.6) is 0 Å². The first-order valence-electron chi connectivity index (χ1n) is 15.0. The van der Waals surface area contributed by atoms with Crippen LogP contribution in [0.3, 0.4) is 0 Å². The van der Waals surface area contributed by atoms with E-state index in [0.29, 0.717) is 5.57 Å². The van der Waals surface area contributed by atoms with Crippen molar-refractivity contribution in [3.8, 4) is 0 Å². The Balaban J connectivity index is 1.53. The molecule has 6 N–H and O–H groups in total. The van der Waals surface area contributed by atoms with Crippen molar-refractivity contribution >= 4 is 17.7 Å². The highest BCUT2D eigenvalue weighted by molar-refractivity contribution is 5.89. The van der Waals surface area contributed by atoms with Gasteiger partial charge < -0.3 is 63.8 Å². The maximum atomic E-state index is 13.1. The van der Waals surface area contributed by atoms with E-state index in [4.69, 9.17) is 33.2 Å². The number of hydrogen-bond acceptors (Lipinski definition) is 16. The molecule has 1 saturated carbocycles. The minimum absolute atomic E-state index is 0.0219. The first-order chi connectivity index (χ1) is 21.2. The Bertz CT molecular complexity index is 1080. The fourth-order valence-electron chi connectivity index (χ4n) is 6.12. The highest BCUT2D eigenvalue weighted by atomic mass is 16.8. The van der Waals surface area contributed by atoms with E-state index >= 15 is 0 Å². The topological polar surface area (TPSA) is 237 Å². The molecule has 0 unspecified atom stereocenters. The third kappa shape index (κ3) is 8.01. The summed E-state index contributed by atoms with van der Waals surface area (Å²) in [7, 11) is 0. The van der Waals surface area contributed by atoms with E-state index in [2.05, 4.69) is 0 Å². The Morgan fingerprint density at radius 2 is 1.73 bits per heavy atom. The molecule has 0 aromatic heterocycles. The quantitative estimate of drug-likeness (QED) is 0.131. The Morgan fingerprint density at radius 3 is 2.38 bits per heavy atom. The molecule has 3 fully saturated rings. The van der Waals surface area contributed by atoms with Crippen molar-refractivity contribution in [2.24, 2.45) is 23.7 Å². The van der Waals surface area contributed by atoms with Gasteiger partial charge in [0.15, 0.2) is 24.5 Å². The number of carbonyl (C=O) groups is 3. The van der Waals surface area contributed by atoms with E-state index in [1.807, 2.05) is 13.8 Å². The van der Waals surface area contributed by atoms with Crippen molar-refractivity contribution in [2.45, 2.75) is 108 Å². The molecule has 0 radical (unpaired) electrons. The van der Waals surface area contributed by atoms with Crippen molar-refractivity contribution in [1.29, 1.82) is 0 Å². The van der Waals surface area contributed by atoms with Crippen molar-refractivity contribution in [3.05, 3.63) is 11.8 Å². The number of fused-ring (bicyclic) bond motifs is 1. The maximum Gasteiger partial charge on any atom is 0.309 e. The second kappa shape index (κ2) is 15.1. The van der Waals surface area contributed by atoms with E-state index in [-0.39, 0.29) is 32.0 Å². The minimum Gasteiger partial charge on any atom is -0.465 e. The Hall–Kier alpha value is -2.25. The molecule has 14 atom stereocenters. The largest absolute Gasteiger partial charge is 0.465 e. The summed E-state index contributed by atoms with van der Waals surface area (Å²) in [4.78, 5) is 37.2. The second-order valence-electron chi connectivity index (χ2n) is 12.4. The monoisotopic (exact) mass is 648 g/mol. The zero-order valence-corrected chi connectivity index (χ0v) is 25.5. The summed E-state index contributed by atoms with van der Waals surface area (Å²) in [6.07, 6.45) is -14.3. The number of ether oxygens (including phenoxy) is 7. The summed E-state index contributed by atoms with van der Waals surface area (Å²) in [5.41, 5.74) is 0.475. The Kier molecular flexibility index (Phi) is 11.9. The van der Waals surface area contributed by atoms with Gasteiger partial charge in [-0.1, -0.05) is 13.8 Å². The molecule has 45 heavy (non-hydrogen) atoms. The summed E-state index contributed by atoms with van der Waals surface area (Å²) in [5, 5.41) is 61.6. The van der Waals surface area contributed by atoms with Gasteiger partial charge in [-0.2, -0.15) is 0 Å². The number of aliphatic hydroxyl groups excluding tert-OH is 6. The lowest BCUT2D eigenvalue weighted by Crippen LogP contribution is -2.62. The van der Waals surface area contributed by atoms with Gasteiger partial charge in [0.1, 0.15) is 30.5 Å². The van der Waals surface area contributed by atoms with Gasteiger partial charge in [-0.15, -0.1) is 0 Å². The predicted octanol–water partition coefficient (Wildman–Crippen LogP) is -2.13. The van der Waals surface area contributed by atoms with Crippen LogP contribution in [0, 0.1) is 23.7 Å². The molecular formula is C29H44O16. The summed E-state index contributed by atoms with van der Waals surface area (Å²) in [5.74, 6) is -3.74. The van der Waals surface area contributed by atoms with E-state index in [9.17, 15) is 45.0 Å². The standard InChI is InChI=1S/C29H44O16/c1-11(2)5-19(33)44-27-20-15(6-17(32)16(20)10-39-13(4)31)14(8-40-27)9-41-29-26(24(37)22(35)18(7-30)43-29)45-28-25(38)23(36)21(34)12(3)42-28/h8,11-12,15-18,20-23,25-30,32,34-36,38H,5-7,9-10H2,1-4H3/t12-,15+,16-,17-,18+,20-,21-,22+,23+,25+,26+,27-,28-,29+/m0/s1. The molecule has 3 heterocycles. The van der Waals surface area contributed by atoms with E-state index in [0.717, 1.165) is 0 Å². The molecule has 4 aliphatic rings. The molecule has 4 rings (SSSR count). The lowest BCUT2D eigenvalue weighted by molar-refractivity contribution is -0.333. The lowest BCUT2D eigenvalue weighted by Gasteiger charge is -2.43. The highest BCUT2D eigenvalue weighted by Gasteiger charge is 2.54. The SMILES string of the molecule is CC(=O)OC[C@@H]1[C@H]2[C@H](OC(=O)CC(C)C)OC=C(CO[C@@H]3O[C@H](CO)[C@@H](O)C(=O)[C@H]3O[C@@H]3O[C@@H](C)[C@H](O)[C@@H](O)[C@H]3O)[C@H]2C[C@@H]1O. The van der Waals surface area contributed by atoms with Crippen molar-refractivity contribution in [2.75, 3.05) is 19.8 Å². The molecule has 0 aromatic carbocycles. The first kappa shape index (κ1) is 35.6. The Labute approximate surface area is 259 Å². The maximum absolute atomic E-state index is 13.1. The molecule has 0 amide bonds. The molecule has 256 valence electrons. The predicted molar refractivity (Wildman–Crippen MR) is 146 cm³/mol. The van der Waals surface area contributed by atoms with Gasteiger partial charge in [0, 0.05) is 25.2 Å². The molecule has 16 nitrogen and oxygen atoms in total. The zero-order valence-electron chi connectivity index (χ0n) is 25.5. The number of ketones is 1. The van der Waals surface area contributed by atoms with Gasteiger partial charge in [0.05, 0.1) is 38.3 Å². The summed E-state index contributed by atoms with van der Waals surface area (Å²) in [6.45, 7) is 5.19. The van der Waals surface area contributed by atoms with Gasteiger partial charge in [-0.3, -0.25) is 14.4 Å². The average molecular weight is 649 g/mol. The van der Waals surface area contributed by atoms with Crippen LogP contribution in [0.15, 0.2) is 11.8 Å². The van der Waals surface area contributed by atoms with Crippen LogP contribution in [0.4, 0.5) is 0 Å². The average Bonchev–Trinajstić information content (AvgIpc) is 3.31. The summed E-state index contributed by atoms with van der Waals surface area (Å²) in [6, 6.07) is 0. The smallest absolute Gasteiger partial charge is 0.309 e. The van der Waals surface area contributed by atoms with Gasteiger partial charge in [0.25, 0.3) is 0 Å². The van der Waals surface area contributed by atoms with Gasteiger partial charge in [-0.25, -0.2) is 0 Å². The van der Waals surface area contributed by atoms with Crippen LogP contribution < -0.4 is 0 Å². The fourth-order valence-corrected chi connectivity index (χ4v) is 6.12. The lowest BCUT2D eigenvalue weighted by atomic mass is 9.83. The summed E-state index contributed by atoms with van der Waals surface area (Å²) < 4.78 is 39.2. The van der Waals surface area contributed by atoms with Crippen LogP contribution in [-0.2, 0) is 47.5 Å². The van der Waals surface area contributed by atoms with Crippen LogP contribution in [0.1, 0.15) is 40.5 Å². The van der Waals surface area contributed by atoms with Crippen LogP contribution in [-0.4, -0.2) is 136 Å². The Morgan fingerprint density at radius 1 is 1.02 bits per heavy atom. The normalized spacial score (nSPS) is 41.7. The molecule has 0 spiro atoms. The number of carbonyl (C=O) groups excluding carboxylic acids is 3. The third-order valence-electron chi connectivity index (χ3n) is 8.56. The van der Waals surface area contributed by atoms with E-state index in [1.165, 1.54) is 20.1 Å². The van der Waals surface area contributed by atoms with Crippen molar-refractivity contribution < 1.29 is 78.2 Å². The number of Topliss-reactive ketones (excluding diaryl/α,β-unsaturated/α-hetero) is 1. The van der Waals surface area contributed by atoms with Crippen LogP contribution in [0.2, 0.25) is 0 Å². The van der Waals surface area contributed by atoms with Crippen molar-refractivity contribution in [1.82, 2.24) is 0 Å². The molecule has 2 saturated heterocycles. The van der Waals surface area contributed by atoms with Crippen LogP contribution >= 0.6 is 0 Å². The molecule has 3 aliphatic heterocycles. The molecular weight excluding hydrogens is 604 g/mol. The molecule has 1 aliphatic carbocycles. The van der Waals surface area contributed by atoms with E-state index in [1.54, 1.807) is 0 Å². The highest BCUT2D eigenvalue weighted by Crippen LogP contribution is 2.47. The van der Waals surface area contributed by atoms with Gasteiger partial charge >= 0.3 is 11.9 Å². The second-order valence-corrected chi connectivity index (χ2v) is 12.4. The minimum atomic E-state index is -1.82. The number of esters is 2. The van der Waals surface area contributed by atoms with Crippen LogP contribution in [0.25, 0.3) is 0 Å². The number of aliphatic hydroxyl groups is 6. The summed E-state index contributed by atoms with van der Waals surface area (Å²) >= 11 is 0. The fraction of sp³-hybridized carbons (Fsp3) is 0.828. The molecule has 0 bridgehead atoms. The third-order valence-corrected chi connectivity index (χ3v) is 8.56. The van der Waals surface area contributed by atoms with Gasteiger partial charge in [0.2, 0.25) is 6.29 Å². The number of hydrogen-bond donors (Lipinski definition) is 6. The molecule has 0 aromatic rings. The van der Waals surface area contributed by atoms with Gasteiger partial charge in [-0.05, 0) is 30.8 Å². The number of rotatable bonds is 11. The molecule has 16 heteroatoms. The van der Waals surface area contributed by atoms with Crippen molar-refractivity contribution in [3.63, 3.8) is 0 Å². The zero-order chi connectivity index (χ0) is 33.2. The first-order valence-corrected chi connectivity index (χ1v) is 15.0. The van der Waals surface area contributed by atoms with E-state index < -0.39 is 110 Å².